The molecule has 0 aromatic heterocycles. The molecule has 2 atom stereocenters. The van der Waals surface area contributed by atoms with Gasteiger partial charge in [0.05, 0.1) is 18.6 Å². The maximum atomic E-state index is 11.8. The predicted octanol–water partition coefficient (Wildman–Crippen LogP) is 2.07. The van der Waals surface area contributed by atoms with Crippen LogP contribution < -0.4 is 0 Å². The minimum atomic E-state index is -0.825. The van der Waals surface area contributed by atoms with Crippen molar-refractivity contribution in [2.45, 2.75) is 38.9 Å². The van der Waals surface area contributed by atoms with Crippen LogP contribution >= 0.6 is 0 Å². The summed E-state index contributed by atoms with van der Waals surface area (Å²) in [6.07, 6.45) is 2.08. The average molecular weight is 291 g/mol. The van der Waals surface area contributed by atoms with E-state index in [0.717, 1.165) is 5.56 Å². The van der Waals surface area contributed by atoms with Crippen LogP contribution in [-0.4, -0.2) is 46.3 Å². The number of carbonyl (C=O) groups excluding carboxylic acids is 1. The van der Waals surface area contributed by atoms with Crippen LogP contribution in [0.3, 0.4) is 0 Å². The zero-order valence-corrected chi connectivity index (χ0v) is 12.8. The zero-order valence-electron chi connectivity index (χ0n) is 12.8. The molecule has 0 saturated heterocycles. The van der Waals surface area contributed by atoms with Crippen LogP contribution in [-0.2, 0) is 4.79 Å². The lowest BCUT2D eigenvalue weighted by Gasteiger charge is -2.21. The topological polar surface area (TPSA) is 60.8 Å². The molecule has 116 valence electrons. The first-order valence-corrected chi connectivity index (χ1v) is 7.44. The Bertz CT molecular complexity index is 441. The Morgan fingerprint density at radius 3 is 2.38 bits per heavy atom. The third kappa shape index (κ3) is 6.56. The van der Waals surface area contributed by atoms with E-state index in [2.05, 4.69) is 0 Å². The smallest absolute Gasteiger partial charge is 0.225 e. The second-order valence-electron chi connectivity index (χ2n) is 5.00. The summed E-state index contributed by atoms with van der Waals surface area (Å²) in [7, 11) is 0. The fourth-order valence-electron chi connectivity index (χ4n) is 2.13. The van der Waals surface area contributed by atoms with Crippen molar-refractivity contribution >= 4 is 12.0 Å². The van der Waals surface area contributed by atoms with Crippen LogP contribution in [0, 0.1) is 0 Å². The summed E-state index contributed by atoms with van der Waals surface area (Å²) in [6, 6.07) is 9.64. The van der Waals surface area contributed by atoms with E-state index in [0.29, 0.717) is 13.1 Å². The Kier molecular flexibility index (Phi) is 7.72. The molecule has 4 nitrogen and oxygen atoms in total. The summed E-state index contributed by atoms with van der Waals surface area (Å²) in [4.78, 5) is 13.5. The van der Waals surface area contributed by atoms with Gasteiger partial charge in [0.2, 0.25) is 5.91 Å². The van der Waals surface area contributed by atoms with Gasteiger partial charge in [-0.15, -0.1) is 0 Å². The maximum Gasteiger partial charge on any atom is 0.225 e. The lowest BCUT2D eigenvalue weighted by atomic mass is 10.1. The minimum absolute atomic E-state index is 0.0535. The molecule has 1 aromatic carbocycles. The molecule has 0 radical (unpaired) electrons. The molecule has 0 saturated carbocycles. The van der Waals surface area contributed by atoms with Crippen molar-refractivity contribution in [3.8, 4) is 0 Å². The first kappa shape index (κ1) is 17.4. The van der Waals surface area contributed by atoms with E-state index >= 15 is 0 Å². The zero-order chi connectivity index (χ0) is 15.7. The van der Waals surface area contributed by atoms with E-state index < -0.39 is 12.2 Å². The summed E-state index contributed by atoms with van der Waals surface area (Å²) in [6.45, 7) is 5.09. The molecule has 21 heavy (non-hydrogen) atoms. The number of rotatable bonds is 8. The van der Waals surface area contributed by atoms with E-state index in [1.165, 1.54) is 0 Å². The molecule has 0 fully saturated rings. The van der Waals surface area contributed by atoms with Crippen molar-refractivity contribution in [3.63, 3.8) is 0 Å². The van der Waals surface area contributed by atoms with Crippen LogP contribution in [0.2, 0.25) is 0 Å². The quantitative estimate of drug-likeness (QED) is 0.771. The monoisotopic (exact) mass is 291 g/mol. The van der Waals surface area contributed by atoms with Crippen molar-refractivity contribution in [3.05, 3.63) is 42.0 Å². The maximum absolute atomic E-state index is 11.8. The SMILES string of the molecule is CCN(CC)C(=O)CC(O)CC(O)C=Cc1ccccc1. The van der Waals surface area contributed by atoms with Gasteiger partial charge < -0.3 is 15.1 Å². The number of aliphatic hydroxyl groups excluding tert-OH is 2. The van der Waals surface area contributed by atoms with Gasteiger partial charge in [0.15, 0.2) is 0 Å². The number of carbonyl (C=O) groups is 1. The number of nitrogens with zero attached hydrogens (tertiary/aromatic N) is 1. The molecule has 0 aliphatic heterocycles. The highest BCUT2D eigenvalue weighted by Crippen LogP contribution is 2.09. The highest BCUT2D eigenvalue weighted by atomic mass is 16.3. The Morgan fingerprint density at radius 2 is 1.81 bits per heavy atom. The molecule has 4 heteroatoms. The summed E-state index contributed by atoms with van der Waals surface area (Å²) in [5, 5.41) is 19.8. The molecule has 2 unspecified atom stereocenters. The highest BCUT2D eigenvalue weighted by molar-refractivity contribution is 5.76. The number of amides is 1. The molecule has 0 spiro atoms. The van der Waals surface area contributed by atoms with E-state index in [-0.39, 0.29) is 18.7 Å². The molecule has 2 N–H and O–H groups in total. The number of benzene rings is 1. The second-order valence-corrected chi connectivity index (χ2v) is 5.00. The molecule has 0 aliphatic rings. The Labute approximate surface area is 126 Å². The standard InChI is InChI=1S/C17H25NO3/c1-3-18(4-2)17(21)13-16(20)12-15(19)11-10-14-8-6-5-7-9-14/h5-11,15-16,19-20H,3-4,12-13H2,1-2H3. The van der Waals surface area contributed by atoms with E-state index in [1.807, 2.05) is 50.3 Å². The largest absolute Gasteiger partial charge is 0.392 e. The Balaban J connectivity index is 2.42. The Morgan fingerprint density at radius 1 is 1.19 bits per heavy atom. The van der Waals surface area contributed by atoms with E-state index in [9.17, 15) is 15.0 Å². The van der Waals surface area contributed by atoms with Gasteiger partial charge in [-0.1, -0.05) is 42.5 Å². The van der Waals surface area contributed by atoms with Gasteiger partial charge in [-0.05, 0) is 19.4 Å². The van der Waals surface area contributed by atoms with Gasteiger partial charge in [0.1, 0.15) is 0 Å². The van der Waals surface area contributed by atoms with E-state index in [4.69, 9.17) is 0 Å². The van der Waals surface area contributed by atoms with Crippen molar-refractivity contribution in [1.29, 1.82) is 0 Å². The molecule has 0 heterocycles. The summed E-state index contributed by atoms with van der Waals surface area (Å²) < 4.78 is 0. The molecule has 0 bridgehead atoms. The number of aliphatic hydroxyl groups is 2. The van der Waals surface area contributed by atoms with Gasteiger partial charge in [0.25, 0.3) is 0 Å². The third-order valence-corrected chi connectivity index (χ3v) is 3.35. The van der Waals surface area contributed by atoms with Crippen LogP contribution in [0.4, 0.5) is 0 Å². The van der Waals surface area contributed by atoms with Crippen molar-refractivity contribution in [2.24, 2.45) is 0 Å². The van der Waals surface area contributed by atoms with E-state index in [1.54, 1.807) is 11.0 Å². The van der Waals surface area contributed by atoms with Crippen molar-refractivity contribution in [1.82, 2.24) is 4.90 Å². The van der Waals surface area contributed by atoms with Crippen molar-refractivity contribution < 1.29 is 15.0 Å². The first-order chi connectivity index (χ1) is 10.1. The normalized spacial score (nSPS) is 14.1. The van der Waals surface area contributed by atoms with Crippen LogP contribution in [0.25, 0.3) is 6.08 Å². The fraction of sp³-hybridized carbons (Fsp3) is 0.471. The van der Waals surface area contributed by atoms with Crippen LogP contribution in [0.1, 0.15) is 32.3 Å². The molecular weight excluding hydrogens is 266 g/mol. The van der Waals surface area contributed by atoms with Gasteiger partial charge in [-0.3, -0.25) is 4.79 Å². The number of hydrogen-bond donors (Lipinski definition) is 2. The third-order valence-electron chi connectivity index (χ3n) is 3.35. The fourth-order valence-corrected chi connectivity index (χ4v) is 2.13. The molecule has 0 aliphatic carbocycles. The molecule has 1 aromatic rings. The predicted molar refractivity (Wildman–Crippen MR) is 84.7 cm³/mol. The molecular formula is C17H25NO3. The summed E-state index contributed by atoms with van der Waals surface area (Å²) in [5.74, 6) is -0.0771. The summed E-state index contributed by atoms with van der Waals surface area (Å²) in [5.41, 5.74) is 0.991. The average Bonchev–Trinajstić information content (AvgIpc) is 2.47. The lowest BCUT2D eigenvalue weighted by Crippen LogP contribution is -2.33. The molecule has 1 rings (SSSR count). The summed E-state index contributed by atoms with van der Waals surface area (Å²) >= 11 is 0. The van der Waals surface area contributed by atoms with Gasteiger partial charge in [0, 0.05) is 19.5 Å². The lowest BCUT2D eigenvalue weighted by molar-refractivity contribution is -0.133. The first-order valence-electron chi connectivity index (χ1n) is 7.44. The minimum Gasteiger partial charge on any atom is -0.392 e. The molecule has 1 amide bonds. The van der Waals surface area contributed by atoms with Gasteiger partial charge in [-0.2, -0.15) is 0 Å². The second kappa shape index (κ2) is 9.32. The van der Waals surface area contributed by atoms with Crippen molar-refractivity contribution in [2.75, 3.05) is 13.1 Å². The van der Waals surface area contributed by atoms with Crippen LogP contribution in [0.15, 0.2) is 36.4 Å². The van der Waals surface area contributed by atoms with Gasteiger partial charge in [-0.25, -0.2) is 0 Å². The number of hydrogen-bond acceptors (Lipinski definition) is 3. The van der Waals surface area contributed by atoms with Gasteiger partial charge >= 0.3 is 0 Å². The van der Waals surface area contributed by atoms with Crippen LogP contribution in [0.5, 0.6) is 0 Å². The highest BCUT2D eigenvalue weighted by Gasteiger charge is 2.17. The Hall–Kier alpha value is -1.65.